The van der Waals surface area contributed by atoms with Crippen molar-refractivity contribution < 1.29 is 0 Å². The fourth-order valence-corrected chi connectivity index (χ4v) is 4.15. The molecule has 4 aromatic rings. The van der Waals surface area contributed by atoms with Gasteiger partial charge in [-0.25, -0.2) is 4.98 Å². The first kappa shape index (κ1) is 16.6. The molecule has 27 heavy (non-hydrogen) atoms. The summed E-state index contributed by atoms with van der Waals surface area (Å²) >= 11 is 6.19. The minimum atomic E-state index is 0.543. The normalized spacial score (nSPS) is 14.8. The molecule has 1 fully saturated rings. The number of hydrogen-bond acceptors (Lipinski definition) is 3. The molecule has 0 saturated carbocycles. The highest BCUT2D eigenvalue weighted by Crippen LogP contribution is 2.34. The highest BCUT2D eigenvalue weighted by atomic mass is 35.5. The van der Waals surface area contributed by atoms with E-state index in [1.165, 1.54) is 21.9 Å². The van der Waals surface area contributed by atoms with Crippen LogP contribution in [-0.4, -0.2) is 35.7 Å². The summed E-state index contributed by atoms with van der Waals surface area (Å²) in [5, 5.41) is 6.52. The summed E-state index contributed by atoms with van der Waals surface area (Å²) < 4.78 is 2.31. The molecule has 1 aliphatic rings. The molecule has 0 bridgehead atoms. The van der Waals surface area contributed by atoms with Crippen molar-refractivity contribution in [3.8, 4) is 0 Å². The Morgan fingerprint density at radius 1 is 1.07 bits per heavy atom. The van der Waals surface area contributed by atoms with Crippen LogP contribution in [0.2, 0.25) is 5.02 Å². The van der Waals surface area contributed by atoms with E-state index < -0.39 is 0 Å². The molecule has 0 atom stereocenters. The smallest absolute Gasteiger partial charge is 0.138 e. The van der Waals surface area contributed by atoms with Gasteiger partial charge < -0.3 is 14.8 Å². The van der Waals surface area contributed by atoms with Crippen molar-refractivity contribution >= 4 is 39.2 Å². The molecule has 0 aliphatic carbocycles. The Kier molecular flexibility index (Phi) is 4.03. The second kappa shape index (κ2) is 6.55. The third kappa shape index (κ3) is 2.85. The maximum atomic E-state index is 6.19. The van der Waals surface area contributed by atoms with E-state index in [-0.39, 0.29) is 0 Å². The standard InChI is InChI=1S/C22H21ClN4/c1-24-17-13-27(14-17)22-19-9-10-26(12-15-5-4-6-16(23)11-15)21(19)18-7-2-3-8-20(18)25-22/h2-11,17,24H,12-14H2,1H3. The predicted molar refractivity (Wildman–Crippen MR) is 113 cm³/mol. The molecule has 2 aromatic carbocycles. The largest absolute Gasteiger partial charge is 0.353 e. The van der Waals surface area contributed by atoms with Crippen molar-refractivity contribution in [2.24, 2.45) is 0 Å². The average Bonchev–Trinajstić information content (AvgIpc) is 3.05. The Morgan fingerprint density at radius 3 is 2.74 bits per heavy atom. The SMILES string of the molecule is CNC1CN(c2nc3ccccc3c3c2ccn3Cc2cccc(Cl)c2)C1. The fraction of sp³-hybridized carbons (Fsp3) is 0.227. The van der Waals surface area contributed by atoms with E-state index in [0.717, 1.165) is 36.0 Å². The van der Waals surface area contributed by atoms with Crippen molar-refractivity contribution in [1.29, 1.82) is 0 Å². The van der Waals surface area contributed by atoms with Crippen LogP contribution in [0.5, 0.6) is 0 Å². The average molecular weight is 377 g/mol. The van der Waals surface area contributed by atoms with E-state index in [9.17, 15) is 0 Å². The molecular formula is C22H21ClN4. The highest BCUT2D eigenvalue weighted by Gasteiger charge is 2.28. The summed E-state index contributed by atoms with van der Waals surface area (Å²) in [6.07, 6.45) is 2.17. The Bertz CT molecular complexity index is 1130. The number of para-hydroxylation sites is 1. The van der Waals surface area contributed by atoms with Gasteiger partial charge in [-0.05, 0) is 36.9 Å². The number of likely N-dealkylation sites (N-methyl/N-ethyl adjacent to an activating group) is 1. The third-order valence-corrected chi connectivity index (χ3v) is 5.66. The van der Waals surface area contributed by atoms with Crippen LogP contribution < -0.4 is 10.2 Å². The first-order chi connectivity index (χ1) is 13.2. The van der Waals surface area contributed by atoms with E-state index in [1.807, 2.05) is 25.2 Å². The Hall–Kier alpha value is -2.56. The second-order valence-electron chi connectivity index (χ2n) is 7.18. The van der Waals surface area contributed by atoms with Crippen molar-refractivity contribution in [3.63, 3.8) is 0 Å². The minimum Gasteiger partial charge on any atom is -0.353 e. The van der Waals surface area contributed by atoms with E-state index in [0.29, 0.717) is 6.04 Å². The van der Waals surface area contributed by atoms with Gasteiger partial charge in [0.25, 0.3) is 0 Å². The van der Waals surface area contributed by atoms with Crippen LogP contribution in [-0.2, 0) is 6.54 Å². The number of nitrogens with zero attached hydrogens (tertiary/aromatic N) is 3. The molecule has 5 heteroatoms. The number of benzene rings is 2. The van der Waals surface area contributed by atoms with Gasteiger partial charge in [0.2, 0.25) is 0 Å². The molecule has 136 valence electrons. The van der Waals surface area contributed by atoms with Gasteiger partial charge in [0.05, 0.1) is 11.0 Å². The van der Waals surface area contributed by atoms with Crippen LogP contribution in [0.4, 0.5) is 5.82 Å². The maximum Gasteiger partial charge on any atom is 0.138 e. The van der Waals surface area contributed by atoms with E-state index in [1.54, 1.807) is 0 Å². The van der Waals surface area contributed by atoms with Crippen molar-refractivity contribution in [2.45, 2.75) is 12.6 Å². The molecule has 1 N–H and O–H groups in total. The molecule has 1 aliphatic heterocycles. The lowest BCUT2D eigenvalue weighted by atomic mass is 10.1. The molecule has 3 heterocycles. The lowest BCUT2D eigenvalue weighted by Gasteiger charge is -2.40. The molecule has 0 radical (unpaired) electrons. The zero-order valence-electron chi connectivity index (χ0n) is 15.2. The molecule has 0 unspecified atom stereocenters. The van der Waals surface area contributed by atoms with Crippen molar-refractivity contribution in [1.82, 2.24) is 14.9 Å². The quantitative estimate of drug-likeness (QED) is 0.576. The Labute approximate surface area is 163 Å². The second-order valence-corrected chi connectivity index (χ2v) is 7.62. The molecule has 5 rings (SSSR count). The minimum absolute atomic E-state index is 0.543. The number of rotatable bonds is 4. The monoisotopic (exact) mass is 376 g/mol. The third-order valence-electron chi connectivity index (χ3n) is 5.42. The zero-order valence-corrected chi connectivity index (χ0v) is 15.9. The Morgan fingerprint density at radius 2 is 1.93 bits per heavy atom. The molecular weight excluding hydrogens is 356 g/mol. The lowest BCUT2D eigenvalue weighted by molar-refractivity contribution is 0.448. The number of anilines is 1. The van der Waals surface area contributed by atoms with Gasteiger partial charge in [-0.2, -0.15) is 0 Å². The summed E-state index contributed by atoms with van der Waals surface area (Å²) in [5.41, 5.74) is 3.48. The molecule has 1 saturated heterocycles. The first-order valence-corrected chi connectivity index (χ1v) is 9.65. The van der Waals surface area contributed by atoms with Gasteiger partial charge in [0.15, 0.2) is 0 Å². The topological polar surface area (TPSA) is 33.1 Å². The summed E-state index contributed by atoms with van der Waals surface area (Å²) in [5.74, 6) is 1.08. The Balaban J connectivity index is 1.66. The van der Waals surface area contributed by atoms with E-state index in [4.69, 9.17) is 16.6 Å². The van der Waals surface area contributed by atoms with Crippen LogP contribution in [0.25, 0.3) is 21.8 Å². The zero-order chi connectivity index (χ0) is 18.4. The van der Waals surface area contributed by atoms with E-state index in [2.05, 4.69) is 57.4 Å². The van der Waals surface area contributed by atoms with Crippen molar-refractivity contribution in [2.75, 3.05) is 25.0 Å². The van der Waals surface area contributed by atoms with Crippen LogP contribution >= 0.6 is 11.6 Å². The summed E-state index contributed by atoms with van der Waals surface area (Å²) in [6.45, 7) is 2.78. The number of nitrogens with one attached hydrogen (secondary N) is 1. The van der Waals surface area contributed by atoms with Gasteiger partial charge in [-0.1, -0.05) is 41.9 Å². The molecule has 2 aromatic heterocycles. The number of hydrogen-bond donors (Lipinski definition) is 1. The summed E-state index contributed by atoms with van der Waals surface area (Å²) in [6, 6.07) is 19.2. The molecule has 0 spiro atoms. The number of pyridine rings is 1. The van der Waals surface area contributed by atoms with Gasteiger partial charge in [-0.15, -0.1) is 0 Å². The van der Waals surface area contributed by atoms with Crippen LogP contribution in [0.1, 0.15) is 5.56 Å². The highest BCUT2D eigenvalue weighted by molar-refractivity contribution is 6.30. The number of fused-ring (bicyclic) bond motifs is 3. The summed E-state index contributed by atoms with van der Waals surface area (Å²) in [7, 11) is 2.02. The van der Waals surface area contributed by atoms with Gasteiger partial charge in [-0.3, -0.25) is 0 Å². The van der Waals surface area contributed by atoms with Crippen LogP contribution in [0, 0.1) is 0 Å². The predicted octanol–water partition coefficient (Wildman–Crippen LogP) is 4.30. The lowest BCUT2D eigenvalue weighted by Crippen LogP contribution is -2.57. The maximum absolute atomic E-state index is 6.19. The first-order valence-electron chi connectivity index (χ1n) is 9.27. The van der Waals surface area contributed by atoms with Crippen LogP contribution in [0.15, 0.2) is 60.8 Å². The van der Waals surface area contributed by atoms with Gasteiger partial charge in [0, 0.05) is 47.7 Å². The van der Waals surface area contributed by atoms with Crippen molar-refractivity contribution in [3.05, 3.63) is 71.4 Å². The number of aromatic nitrogens is 2. The van der Waals surface area contributed by atoms with E-state index >= 15 is 0 Å². The number of halogens is 1. The fourth-order valence-electron chi connectivity index (χ4n) is 3.94. The van der Waals surface area contributed by atoms with Gasteiger partial charge in [0.1, 0.15) is 5.82 Å². The summed E-state index contributed by atoms with van der Waals surface area (Å²) in [4.78, 5) is 7.35. The molecule has 0 amide bonds. The van der Waals surface area contributed by atoms with Gasteiger partial charge >= 0.3 is 0 Å². The molecule has 4 nitrogen and oxygen atoms in total. The van der Waals surface area contributed by atoms with Crippen LogP contribution in [0.3, 0.4) is 0 Å².